The fourth-order valence-corrected chi connectivity index (χ4v) is 3.07. The molecule has 2 N–H and O–H groups in total. The van der Waals surface area contributed by atoms with Crippen molar-refractivity contribution in [1.29, 1.82) is 0 Å². The Labute approximate surface area is 108 Å². The summed E-state index contributed by atoms with van der Waals surface area (Å²) in [4.78, 5) is 11.7. The third kappa shape index (κ3) is 2.59. The second-order valence-electron chi connectivity index (χ2n) is 5.52. The normalized spacial score (nSPS) is 37.4. The standard InChI is InChI=1S/C14H23NO3/c1-4-8(2)14(17)18-9(3)11-6-5-10-7-12(16)13(11)15-10/h4,9-13,15-16H,5-7H2,1-3H3/b8-4+/t9-,10+,11-,12-,13-/m1/s1. The SMILES string of the molecule is C/C=C(\C)C(=O)O[C@H](C)[C@H]1CC[C@H]2C[C@@H](O)[C@@H]1N2. The summed E-state index contributed by atoms with van der Waals surface area (Å²) in [6, 6.07) is 0.527. The highest BCUT2D eigenvalue weighted by molar-refractivity contribution is 5.87. The molecule has 18 heavy (non-hydrogen) atoms. The first-order chi connectivity index (χ1) is 8.52. The van der Waals surface area contributed by atoms with Crippen LogP contribution in [0.2, 0.25) is 0 Å². The molecule has 0 unspecified atom stereocenters. The summed E-state index contributed by atoms with van der Waals surface area (Å²) < 4.78 is 5.48. The monoisotopic (exact) mass is 253 g/mol. The first-order valence-corrected chi connectivity index (χ1v) is 6.81. The lowest BCUT2D eigenvalue weighted by atomic mass is 9.87. The van der Waals surface area contributed by atoms with E-state index in [0.29, 0.717) is 11.6 Å². The number of esters is 1. The first-order valence-electron chi connectivity index (χ1n) is 6.81. The van der Waals surface area contributed by atoms with E-state index in [1.54, 1.807) is 13.0 Å². The van der Waals surface area contributed by atoms with E-state index in [-0.39, 0.29) is 30.1 Å². The van der Waals surface area contributed by atoms with Crippen LogP contribution in [0.15, 0.2) is 11.6 Å². The molecule has 2 aliphatic rings. The number of ether oxygens (including phenoxy) is 1. The number of piperidine rings is 1. The molecule has 0 aromatic heterocycles. The predicted molar refractivity (Wildman–Crippen MR) is 69.0 cm³/mol. The number of aliphatic hydroxyl groups excluding tert-OH is 1. The molecular weight excluding hydrogens is 230 g/mol. The van der Waals surface area contributed by atoms with Crippen LogP contribution in [-0.4, -0.2) is 35.4 Å². The number of carbonyl (C=O) groups excluding carboxylic acids is 1. The van der Waals surface area contributed by atoms with Gasteiger partial charge in [-0.3, -0.25) is 0 Å². The second-order valence-corrected chi connectivity index (χ2v) is 5.52. The van der Waals surface area contributed by atoms with Crippen molar-refractivity contribution in [1.82, 2.24) is 5.32 Å². The van der Waals surface area contributed by atoms with Gasteiger partial charge >= 0.3 is 5.97 Å². The zero-order valence-electron chi connectivity index (χ0n) is 11.3. The number of fused-ring (bicyclic) bond motifs is 2. The van der Waals surface area contributed by atoms with Gasteiger partial charge in [0.25, 0.3) is 0 Å². The molecular formula is C14H23NO3. The number of hydrogen-bond acceptors (Lipinski definition) is 4. The smallest absolute Gasteiger partial charge is 0.333 e. The molecule has 2 rings (SSSR count). The van der Waals surface area contributed by atoms with Crippen molar-refractivity contribution in [2.45, 2.75) is 64.3 Å². The zero-order chi connectivity index (χ0) is 13.3. The highest BCUT2D eigenvalue weighted by Crippen LogP contribution is 2.34. The van der Waals surface area contributed by atoms with Crippen LogP contribution in [0.3, 0.4) is 0 Å². The Balaban J connectivity index is 1.96. The van der Waals surface area contributed by atoms with E-state index in [4.69, 9.17) is 4.74 Å². The summed E-state index contributed by atoms with van der Waals surface area (Å²) in [5.41, 5.74) is 0.635. The Morgan fingerprint density at radius 1 is 1.50 bits per heavy atom. The molecule has 102 valence electrons. The van der Waals surface area contributed by atoms with Crippen molar-refractivity contribution < 1.29 is 14.6 Å². The minimum absolute atomic E-state index is 0.0810. The highest BCUT2D eigenvalue weighted by atomic mass is 16.5. The van der Waals surface area contributed by atoms with Gasteiger partial charge in [0.2, 0.25) is 0 Å². The molecule has 2 bridgehead atoms. The molecule has 2 fully saturated rings. The Morgan fingerprint density at radius 3 is 2.89 bits per heavy atom. The van der Waals surface area contributed by atoms with Crippen molar-refractivity contribution in [3.63, 3.8) is 0 Å². The molecule has 0 radical (unpaired) electrons. The molecule has 0 spiro atoms. The van der Waals surface area contributed by atoms with E-state index in [0.717, 1.165) is 19.3 Å². The van der Waals surface area contributed by atoms with Gasteiger partial charge in [-0.05, 0) is 40.0 Å². The summed E-state index contributed by atoms with van der Waals surface area (Å²) in [6.45, 7) is 5.52. The lowest BCUT2D eigenvalue weighted by Gasteiger charge is -2.34. The van der Waals surface area contributed by atoms with Crippen LogP contribution in [0, 0.1) is 5.92 Å². The lowest BCUT2D eigenvalue weighted by molar-refractivity contribution is -0.147. The van der Waals surface area contributed by atoms with E-state index < -0.39 is 0 Å². The maximum atomic E-state index is 11.7. The third-order valence-corrected chi connectivity index (χ3v) is 4.33. The van der Waals surface area contributed by atoms with Gasteiger partial charge in [-0.1, -0.05) is 6.08 Å². The molecule has 5 atom stereocenters. The Morgan fingerprint density at radius 2 is 2.22 bits per heavy atom. The maximum Gasteiger partial charge on any atom is 0.333 e. The van der Waals surface area contributed by atoms with E-state index in [1.807, 2.05) is 13.8 Å². The molecule has 0 aliphatic carbocycles. The number of nitrogens with one attached hydrogen (secondary N) is 1. The van der Waals surface area contributed by atoms with Crippen molar-refractivity contribution in [3.05, 3.63) is 11.6 Å². The molecule has 2 saturated heterocycles. The van der Waals surface area contributed by atoms with Crippen LogP contribution < -0.4 is 5.32 Å². The van der Waals surface area contributed by atoms with Gasteiger partial charge in [0.15, 0.2) is 0 Å². The molecule has 2 aliphatic heterocycles. The van der Waals surface area contributed by atoms with Crippen LogP contribution in [0.4, 0.5) is 0 Å². The molecule has 2 heterocycles. The summed E-state index contributed by atoms with van der Waals surface area (Å²) in [5.74, 6) is -0.0352. The quantitative estimate of drug-likeness (QED) is 0.589. The number of carbonyl (C=O) groups is 1. The lowest BCUT2D eigenvalue weighted by Crippen LogP contribution is -2.48. The number of hydrogen-bond donors (Lipinski definition) is 2. The van der Waals surface area contributed by atoms with Gasteiger partial charge in [0.05, 0.1) is 6.10 Å². The minimum Gasteiger partial charge on any atom is -0.459 e. The minimum atomic E-state index is -0.300. The highest BCUT2D eigenvalue weighted by Gasteiger charge is 2.44. The number of rotatable bonds is 3. The molecule has 0 amide bonds. The fraction of sp³-hybridized carbons (Fsp3) is 0.786. The van der Waals surface area contributed by atoms with Crippen LogP contribution in [0.25, 0.3) is 0 Å². The van der Waals surface area contributed by atoms with Gasteiger partial charge in [0.1, 0.15) is 6.10 Å². The average molecular weight is 253 g/mol. The van der Waals surface area contributed by atoms with Gasteiger partial charge in [-0.2, -0.15) is 0 Å². The van der Waals surface area contributed by atoms with Gasteiger partial charge < -0.3 is 15.2 Å². The number of allylic oxidation sites excluding steroid dienone is 1. The summed E-state index contributed by atoms with van der Waals surface area (Å²) >= 11 is 0. The molecule has 0 aromatic carbocycles. The van der Waals surface area contributed by atoms with Gasteiger partial charge in [-0.15, -0.1) is 0 Å². The summed E-state index contributed by atoms with van der Waals surface area (Å²) in [6.07, 6.45) is 4.21. The van der Waals surface area contributed by atoms with Crippen molar-refractivity contribution in [2.24, 2.45) is 5.92 Å². The second kappa shape index (κ2) is 5.41. The van der Waals surface area contributed by atoms with Crippen LogP contribution in [-0.2, 0) is 9.53 Å². The molecule has 0 saturated carbocycles. The Kier molecular flexibility index (Phi) is 4.07. The predicted octanol–water partition coefficient (Wildman–Crippen LogP) is 1.39. The molecule has 0 aromatic rings. The topological polar surface area (TPSA) is 58.6 Å². The van der Waals surface area contributed by atoms with Crippen LogP contribution in [0.5, 0.6) is 0 Å². The third-order valence-electron chi connectivity index (χ3n) is 4.33. The van der Waals surface area contributed by atoms with Crippen LogP contribution in [0.1, 0.15) is 40.0 Å². The Hall–Kier alpha value is -0.870. The van der Waals surface area contributed by atoms with Gasteiger partial charge in [0, 0.05) is 23.6 Å². The Bertz CT molecular complexity index is 353. The van der Waals surface area contributed by atoms with E-state index >= 15 is 0 Å². The first kappa shape index (κ1) is 13.6. The van der Waals surface area contributed by atoms with E-state index in [9.17, 15) is 9.90 Å². The summed E-state index contributed by atoms with van der Waals surface area (Å²) in [7, 11) is 0. The summed E-state index contributed by atoms with van der Waals surface area (Å²) in [5, 5.41) is 13.4. The number of aliphatic hydroxyl groups is 1. The van der Waals surface area contributed by atoms with E-state index in [1.165, 1.54) is 0 Å². The maximum absolute atomic E-state index is 11.7. The van der Waals surface area contributed by atoms with Crippen molar-refractivity contribution in [3.8, 4) is 0 Å². The fourth-order valence-electron chi connectivity index (χ4n) is 3.07. The molecule has 4 nitrogen and oxygen atoms in total. The van der Waals surface area contributed by atoms with E-state index in [2.05, 4.69) is 5.32 Å². The van der Waals surface area contributed by atoms with Crippen molar-refractivity contribution >= 4 is 5.97 Å². The van der Waals surface area contributed by atoms with Gasteiger partial charge in [-0.25, -0.2) is 4.79 Å². The van der Waals surface area contributed by atoms with Crippen LogP contribution >= 0.6 is 0 Å². The average Bonchev–Trinajstić information content (AvgIpc) is 2.63. The zero-order valence-corrected chi connectivity index (χ0v) is 11.3. The van der Waals surface area contributed by atoms with Crippen molar-refractivity contribution in [2.75, 3.05) is 0 Å². The molecule has 4 heteroatoms. The largest absolute Gasteiger partial charge is 0.459 e.